The number of alkyl halides is 3. The van der Waals surface area contributed by atoms with Gasteiger partial charge in [0.1, 0.15) is 12.6 Å². The van der Waals surface area contributed by atoms with Gasteiger partial charge in [-0.15, -0.1) is 0 Å². The smallest absolute Gasteiger partial charge is 0.303 e. The summed E-state index contributed by atoms with van der Waals surface area (Å²) in [5.41, 5.74) is 6.97. The third-order valence-corrected chi connectivity index (χ3v) is 9.31. The van der Waals surface area contributed by atoms with Crippen LogP contribution in [-0.4, -0.2) is 10.7 Å². The molecule has 0 N–H and O–H groups in total. The lowest BCUT2D eigenvalue weighted by molar-refractivity contribution is -0.659. The Kier molecular flexibility index (Phi) is 7.14. The second-order valence-electron chi connectivity index (χ2n) is 13.8. The molecule has 226 valence electrons. The fourth-order valence-corrected chi connectivity index (χ4v) is 6.49. The molecule has 2 aromatic heterocycles. The van der Waals surface area contributed by atoms with Gasteiger partial charge in [-0.2, -0.15) is 17.7 Å². The van der Waals surface area contributed by atoms with E-state index in [0.717, 1.165) is 38.8 Å². The average Bonchev–Trinajstić information content (AvgIpc) is 3.29. The Hall–Kier alpha value is -4.12. The van der Waals surface area contributed by atoms with Crippen molar-refractivity contribution in [3.05, 3.63) is 108 Å². The summed E-state index contributed by atoms with van der Waals surface area (Å²) in [5, 5.41) is 4.71. The molecule has 2 heterocycles. The monoisotopic (exact) mass is 593 g/mol. The number of hydrogen-bond donors (Lipinski definition) is 0. The molecule has 0 unspecified atom stereocenters. The van der Waals surface area contributed by atoms with Crippen molar-refractivity contribution in [2.24, 2.45) is 12.5 Å². The van der Waals surface area contributed by atoms with Crippen molar-refractivity contribution < 1.29 is 17.7 Å². The van der Waals surface area contributed by atoms with Crippen LogP contribution >= 0.6 is 0 Å². The van der Waals surface area contributed by atoms with Crippen molar-refractivity contribution in [3.8, 4) is 16.9 Å². The summed E-state index contributed by atoms with van der Waals surface area (Å²) in [6, 6.07) is 29.6. The molecular formula is C39H40F3N2+. The van der Waals surface area contributed by atoms with Crippen molar-refractivity contribution in [3.63, 3.8) is 0 Å². The Labute approximate surface area is 257 Å². The van der Waals surface area contributed by atoms with E-state index in [1.807, 2.05) is 24.3 Å². The number of aryl methyl sites for hydroxylation is 3. The summed E-state index contributed by atoms with van der Waals surface area (Å²) in [4.78, 5) is 0. The van der Waals surface area contributed by atoms with Crippen LogP contribution in [0.5, 0.6) is 0 Å². The summed E-state index contributed by atoms with van der Waals surface area (Å²) in [5.74, 6) is 0. The minimum Gasteiger partial charge on any atom is -0.303 e. The fourth-order valence-electron chi connectivity index (χ4n) is 6.49. The lowest BCUT2D eigenvalue weighted by Crippen LogP contribution is -2.32. The molecule has 44 heavy (non-hydrogen) atoms. The molecule has 0 spiro atoms. The number of halogens is 3. The van der Waals surface area contributed by atoms with Crippen molar-refractivity contribution in [2.75, 3.05) is 0 Å². The van der Waals surface area contributed by atoms with E-state index in [1.165, 1.54) is 41.3 Å². The fraction of sp³-hybridized carbons (Fsp3) is 0.308. The van der Waals surface area contributed by atoms with Crippen LogP contribution in [-0.2, 0) is 18.9 Å². The van der Waals surface area contributed by atoms with Gasteiger partial charge in [0.2, 0.25) is 5.69 Å². The molecule has 6 aromatic rings. The Bertz CT molecular complexity index is 2020. The second kappa shape index (κ2) is 10.5. The minimum atomic E-state index is -4.25. The summed E-state index contributed by atoms with van der Waals surface area (Å²) in [6.45, 7) is 11.6. The molecule has 0 saturated heterocycles. The maximum Gasteiger partial charge on any atom is 0.393 e. The van der Waals surface area contributed by atoms with Crippen molar-refractivity contribution in [1.29, 1.82) is 0 Å². The number of hydrogen-bond acceptors (Lipinski definition) is 0. The first-order valence-electron chi connectivity index (χ1n) is 15.3. The maximum absolute atomic E-state index is 13.7. The highest BCUT2D eigenvalue weighted by Crippen LogP contribution is 2.43. The predicted octanol–water partition coefficient (Wildman–Crippen LogP) is 10.6. The predicted molar refractivity (Wildman–Crippen MR) is 176 cm³/mol. The Morgan fingerprint density at radius 3 is 2.05 bits per heavy atom. The van der Waals surface area contributed by atoms with Gasteiger partial charge in [0, 0.05) is 22.5 Å². The number of para-hydroxylation sites is 1. The van der Waals surface area contributed by atoms with Crippen molar-refractivity contribution >= 4 is 32.6 Å². The van der Waals surface area contributed by atoms with Crippen LogP contribution in [0.2, 0.25) is 0 Å². The van der Waals surface area contributed by atoms with Crippen LogP contribution in [0.15, 0.2) is 91.1 Å². The minimum absolute atomic E-state index is 0.0274. The number of benzene rings is 4. The summed E-state index contributed by atoms with van der Waals surface area (Å²) in [7, 11) is 2.10. The summed E-state index contributed by atoms with van der Waals surface area (Å²) < 4.78 is 45.6. The first-order valence-corrected chi connectivity index (χ1v) is 15.3. The highest BCUT2D eigenvalue weighted by molar-refractivity contribution is 6.13. The summed E-state index contributed by atoms with van der Waals surface area (Å²) in [6.07, 6.45) is -1.75. The van der Waals surface area contributed by atoms with Gasteiger partial charge in [-0.3, -0.25) is 0 Å². The SMILES string of the molecule is Cc1c(-c2c3c(cc[n+]2C)c2ccc(CCC(C)(C)C(F)(F)F)cc2n3-c2ccccc2)cc(C(C)(C)C)c2ccccc12. The van der Waals surface area contributed by atoms with Crippen LogP contribution in [0.4, 0.5) is 13.2 Å². The molecule has 5 heteroatoms. The highest BCUT2D eigenvalue weighted by atomic mass is 19.4. The van der Waals surface area contributed by atoms with Crippen LogP contribution in [0, 0.1) is 12.3 Å². The van der Waals surface area contributed by atoms with Gasteiger partial charge in [-0.05, 0) is 76.9 Å². The standard InChI is InChI=1S/C39H40F3N2/c1-25-28-15-11-12-16-29(28)33(37(2,3)4)24-32(25)35-36-31(20-22-43(35)7)30-18-17-26(19-21-38(5,6)39(40,41)42)23-34(30)44(36)27-13-9-8-10-14-27/h8-18,20,22-24H,19,21H2,1-7H3/q+1. The Morgan fingerprint density at radius 1 is 0.727 bits per heavy atom. The zero-order chi connectivity index (χ0) is 31.6. The van der Waals surface area contributed by atoms with E-state index in [2.05, 4.69) is 111 Å². The first kappa shape index (κ1) is 29.9. The molecule has 0 atom stereocenters. The Morgan fingerprint density at radius 2 is 1.39 bits per heavy atom. The maximum atomic E-state index is 13.7. The molecular weight excluding hydrogens is 553 g/mol. The Balaban J connectivity index is 1.68. The van der Waals surface area contributed by atoms with E-state index in [9.17, 15) is 13.2 Å². The molecule has 0 aliphatic rings. The van der Waals surface area contributed by atoms with Crippen LogP contribution < -0.4 is 4.57 Å². The van der Waals surface area contributed by atoms with E-state index in [4.69, 9.17) is 0 Å². The average molecular weight is 594 g/mol. The van der Waals surface area contributed by atoms with Crippen molar-refractivity contribution in [2.45, 2.75) is 66.0 Å². The van der Waals surface area contributed by atoms with Gasteiger partial charge in [0.25, 0.3) is 0 Å². The lowest BCUT2D eigenvalue weighted by Gasteiger charge is -2.27. The van der Waals surface area contributed by atoms with E-state index < -0.39 is 11.6 Å². The molecule has 6 rings (SSSR count). The van der Waals surface area contributed by atoms with Crippen molar-refractivity contribution in [1.82, 2.24) is 4.57 Å². The zero-order valence-electron chi connectivity index (χ0n) is 26.6. The first-order chi connectivity index (χ1) is 20.7. The van der Waals surface area contributed by atoms with E-state index in [1.54, 1.807) is 0 Å². The molecule has 0 amide bonds. The number of nitrogens with zero attached hydrogens (tertiary/aromatic N) is 2. The third kappa shape index (κ3) is 4.96. The molecule has 0 aliphatic heterocycles. The normalized spacial score (nSPS) is 13.0. The second-order valence-corrected chi connectivity index (χ2v) is 13.8. The molecule has 0 saturated carbocycles. The highest BCUT2D eigenvalue weighted by Gasteiger charge is 2.46. The quantitative estimate of drug-likeness (QED) is 0.176. The molecule has 0 fully saturated rings. The largest absolute Gasteiger partial charge is 0.393 e. The zero-order valence-corrected chi connectivity index (χ0v) is 26.6. The van der Waals surface area contributed by atoms with Gasteiger partial charge < -0.3 is 4.57 Å². The topological polar surface area (TPSA) is 8.81 Å². The van der Waals surface area contributed by atoms with E-state index in [-0.39, 0.29) is 11.8 Å². The molecule has 0 aliphatic carbocycles. The van der Waals surface area contributed by atoms with E-state index >= 15 is 0 Å². The molecule has 0 bridgehead atoms. The number of fused-ring (bicyclic) bond motifs is 4. The number of rotatable bonds is 5. The summed E-state index contributed by atoms with van der Waals surface area (Å²) >= 11 is 0. The number of pyridine rings is 1. The van der Waals surface area contributed by atoms with Gasteiger partial charge in [0.05, 0.1) is 16.5 Å². The molecule has 0 radical (unpaired) electrons. The molecule has 4 aromatic carbocycles. The van der Waals surface area contributed by atoms with E-state index in [0.29, 0.717) is 6.42 Å². The van der Waals surface area contributed by atoms with Gasteiger partial charge in [-0.1, -0.05) is 89.2 Å². The van der Waals surface area contributed by atoms with Crippen LogP contribution in [0.1, 0.15) is 57.7 Å². The van der Waals surface area contributed by atoms with Crippen LogP contribution in [0.25, 0.3) is 49.5 Å². The van der Waals surface area contributed by atoms with Crippen LogP contribution in [0.3, 0.4) is 0 Å². The third-order valence-electron chi connectivity index (χ3n) is 9.31. The lowest BCUT2D eigenvalue weighted by atomic mass is 9.80. The van der Waals surface area contributed by atoms with Gasteiger partial charge in [0.15, 0.2) is 6.20 Å². The van der Waals surface area contributed by atoms with Gasteiger partial charge >= 0.3 is 6.18 Å². The van der Waals surface area contributed by atoms with Gasteiger partial charge in [-0.25, -0.2) is 0 Å². The number of aromatic nitrogens is 2. The molecule has 2 nitrogen and oxygen atoms in total.